The normalized spacial score (nSPS) is 13.5. The fourth-order valence-electron chi connectivity index (χ4n) is 5.30. The van der Waals surface area contributed by atoms with Crippen LogP contribution in [-0.4, -0.2) is 36.1 Å². The van der Waals surface area contributed by atoms with Gasteiger partial charge in [0, 0.05) is 24.8 Å². The molecule has 1 amide bonds. The lowest BCUT2D eigenvalue weighted by atomic mass is 9.80. The topological polar surface area (TPSA) is 92.7 Å². The lowest BCUT2D eigenvalue weighted by molar-refractivity contribution is -0.155. The Hall–Kier alpha value is -1.59. The quantitative estimate of drug-likeness (QED) is 0.0745. The number of hydrogen-bond donors (Lipinski definition) is 2. The Bertz CT molecular complexity index is 609. The van der Waals surface area contributed by atoms with Crippen molar-refractivity contribution in [2.75, 3.05) is 13.2 Å². The number of carboxylic acids is 1. The van der Waals surface area contributed by atoms with Crippen molar-refractivity contribution in [2.24, 2.45) is 17.8 Å². The highest BCUT2D eigenvalue weighted by Crippen LogP contribution is 2.26. The number of carboxylic acid groups (broad SMARTS) is 1. The second-order valence-electron chi connectivity index (χ2n) is 11.6. The van der Waals surface area contributed by atoms with E-state index in [1.807, 2.05) is 6.92 Å². The summed E-state index contributed by atoms with van der Waals surface area (Å²) in [4.78, 5) is 37.1. The molecular formula is C33H63NO5. The van der Waals surface area contributed by atoms with Crippen molar-refractivity contribution in [3.8, 4) is 0 Å². The van der Waals surface area contributed by atoms with Gasteiger partial charge in [-0.3, -0.25) is 14.4 Å². The summed E-state index contributed by atoms with van der Waals surface area (Å²) in [6, 6.07) is 0. The number of carbonyl (C=O) groups is 3. The van der Waals surface area contributed by atoms with Crippen LogP contribution in [0, 0.1) is 17.8 Å². The van der Waals surface area contributed by atoms with Crippen LogP contribution in [0.4, 0.5) is 0 Å². The van der Waals surface area contributed by atoms with E-state index in [1.165, 1.54) is 89.9 Å². The number of nitrogens with one attached hydrogen (secondary N) is 1. The van der Waals surface area contributed by atoms with Gasteiger partial charge in [-0.05, 0) is 19.3 Å². The molecule has 0 saturated heterocycles. The van der Waals surface area contributed by atoms with Crippen LogP contribution in [0.2, 0.25) is 0 Å². The molecule has 6 heteroatoms. The first-order valence-electron chi connectivity index (χ1n) is 16.5. The average molecular weight is 554 g/mol. The summed E-state index contributed by atoms with van der Waals surface area (Å²) in [7, 11) is 0. The van der Waals surface area contributed by atoms with Gasteiger partial charge < -0.3 is 15.2 Å². The summed E-state index contributed by atoms with van der Waals surface area (Å²) in [5, 5.41) is 12.8. The van der Waals surface area contributed by atoms with Crippen LogP contribution in [0.5, 0.6) is 0 Å². The van der Waals surface area contributed by atoms with Gasteiger partial charge in [-0.1, -0.05) is 137 Å². The summed E-state index contributed by atoms with van der Waals surface area (Å²) in [5.41, 5.74) is 0. The summed E-state index contributed by atoms with van der Waals surface area (Å²) in [6.45, 7) is 8.67. The van der Waals surface area contributed by atoms with Crippen molar-refractivity contribution >= 4 is 17.8 Å². The molecule has 0 aliphatic carbocycles. The highest BCUT2D eigenvalue weighted by Gasteiger charge is 2.36. The molecule has 0 aromatic heterocycles. The molecule has 6 nitrogen and oxygen atoms in total. The van der Waals surface area contributed by atoms with Gasteiger partial charge >= 0.3 is 11.9 Å². The summed E-state index contributed by atoms with van der Waals surface area (Å²) in [5.74, 6) is -3.42. The second-order valence-corrected chi connectivity index (χ2v) is 11.6. The molecule has 0 radical (unpaired) electrons. The zero-order valence-electron chi connectivity index (χ0n) is 26.1. The van der Waals surface area contributed by atoms with E-state index in [-0.39, 0.29) is 24.4 Å². The summed E-state index contributed by atoms with van der Waals surface area (Å²) < 4.78 is 5.47. The molecule has 0 saturated carbocycles. The molecule has 0 aromatic rings. The fraction of sp³-hybridized carbons (Fsp3) is 0.909. The molecule has 39 heavy (non-hydrogen) atoms. The first kappa shape index (κ1) is 37.4. The van der Waals surface area contributed by atoms with E-state index in [0.29, 0.717) is 19.4 Å². The molecule has 0 fully saturated rings. The van der Waals surface area contributed by atoms with Crippen molar-refractivity contribution in [1.29, 1.82) is 0 Å². The van der Waals surface area contributed by atoms with Gasteiger partial charge in [0.1, 0.15) is 0 Å². The molecule has 2 N–H and O–H groups in total. The maximum atomic E-state index is 12.7. The van der Waals surface area contributed by atoms with Gasteiger partial charge in [-0.15, -0.1) is 0 Å². The lowest BCUT2D eigenvalue weighted by Crippen LogP contribution is -2.41. The maximum Gasteiger partial charge on any atom is 0.307 e. The largest absolute Gasteiger partial charge is 0.481 e. The SMILES string of the molecule is CCCCCCCCCCCCNC(=O)C(C)C(C(=O)O)C(CC)COC(=O)CCCCCCCCCCC. The Labute approximate surface area is 240 Å². The highest BCUT2D eigenvalue weighted by atomic mass is 16.5. The van der Waals surface area contributed by atoms with Gasteiger partial charge in [-0.2, -0.15) is 0 Å². The molecule has 0 heterocycles. The van der Waals surface area contributed by atoms with Crippen LogP contribution < -0.4 is 5.32 Å². The molecule has 3 unspecified atom stereocenters. The van der Waals surface area contributed by atoms with E-state index in [2.05, 4.69) is 19.2 Å². The first-order chi connectivity index (χ1) is 18.9. The van der Waals surface area contributed by atoms with Crippen molar-refractivity contribution < 1.29 is 24.2 Å². The van der Waals surface area contributed by atoms with E-state index in [4.69, 9.17) is 4.74 Å². The van der Waals surface area contributed by atoms with Crippen molar-refractivity contribution in [2.45, 2.75) is 163 Å². The number of esters is 1. The van der Waals surface area contributed by atoms with Gasteiger partial charge in [0.05, 0.1) is 12.5 Å². The molecule has 0 aromatic carbocycles. The number of ether oxygens (including phenoxy) is 1. The number of carbonyl (C=O) groups excluding carboxylic acids is 2. The molecule has 0 rings (SSSR count). The van der Waals surface area contributed by atoms with Crippen LogP contribution >= 0.6 is 0 Å². The molecular weight excluding hydrogens is 490 g/mol. The number of unbranched alkanes of at least 4 members (excludes halogenated alkanes) is 17. The lowest BCUT2D eigenvalue weighted by Gasteiger charge is -2.27. The van der Waals surface area contributed by atoms with Gasteiger partial charge in [-0.25, -0.2) is 0 Å². The number of hydrogen-bond acceptors (Lipinski definition) is 4. The van der Waals surface area contributed by atoms with E-state index in [1.54, 1.807) is 6.92 Å². The Morgan fingerprint density at radius 1 is 0.667 bits per heavy atom. The highest BCUT2D eigenvalue weighted by molar-refractivity contribution is 5.84. The van der Waals surface area contributed by atoms with Crippen molar-refractivity contribution in [3.63, 3.8) is 0 Å². The summed E-state index contributed by atoms with van der Waals surface area (Å²) in [6.07, 6.45) is 23.9. The second kappa shape index (κ2) is 26.6. The smallest absolute Gasteiger partial charge is 0.307 e. The van der Waals surface area contributed by atoms with E-state index < -0.39 is 17.8 Å². The molecule has 0 aliphatic rings. The monoisotopic (exact) mass is 553 g/mol. The third-order valence-corrected chi connectivity index (χ3v) is 8.04. The number of rotatable bonds is 28. The fourth-order valence-corrected chi connectivity index (χ4v) is 5.30. The molecule has 0 aliphatic heterocycles. The van der Waals surface area contributed by atoms with Crippen molar-refractivity contribution in [1.82, 2.24) is 5.32 Å². The van der Waals surface area contributed by atoms with Gasteiger partial charge in [0.25, 0.3) is 0 Å². The zero-order chi connectivity index (χ0) is 29.1. The van der Waals surface area contributed by atoms with Gasteiger partial charge in [0.15, 0.2) is 0 Å². The predicted molar refractivity (Wildman–Crippen MR) is 162 cm³/mol. The number of aliphatic carboxylic acids is 1. The first-order valence-corrected chi connectivity index (χ1v) is 16.5. The Morgan fingerprint density at radius 3 is 1.54 bits per heavy atom. The Morgan fingerprint density at radius 2 is 1.10 bits per heavy atom. The summed E-state index contributed by atoms with van der Waals surface area (Å²) >= 11 is 0. The molecule has 0 spiro atoms. The number of amides is 1. The minimum absolute atomic E-state index is 0.0554. The predicted octanol–water partition coefficient (Wildman–Crippen LogP) is 8.85. The van der Waals surface area contributed by atoms with Crippen LogP contribution in [0.1, 0.15) is 163 Å². The molecule has 0 bridgehead atoms. The Balaban J connectivity index is 4.20. The van der Waals surface area contributed by atoms with E-state index in [9.17, 15) is 19.5 Å². The molecule has 3 atom stereocenters. The van der Waals surface area contributed by atoms with E-state index >= 15 is 0 Å². The van der Waals surface area contributed by atoms with Crippen LogP contribution in [0.15, 0.2) is 0 Å². The maximum absolute atomic E-state index is 12.7. The van der Waals surface area contributed by atoms with Gasteiger partial charge in [0.2, 0.25) is 5.91 Å². The third kappa shape index (κ3) is 20.9. The minimum Gasteiger partial charge on any atom is -0.481 e. The van der Waals surface area contributed by atoms with Crippen molar-refractivity contribution in [3.05, 3.63) is 0 Å². The van der Waals surface area contributed by atoms with Crippen LogP contribution in [-0.2, 0) is 19.1 Å². The van der Waals surface area contributed by atoms with Crippen LogP contribution in [0.25, 0.3) is 0 Å². The zero-order valence-corrected chi connectivity index (χ0v) is 26.1. The third-order valence-electron chi connectivity index (χ3n) is 8.04. The average Bonchev–Trinajstić information content (AvgIpc) is 2.92. The van der Waals surface area contributed by atoms with Crippen LogP contribution in [0.3, 0.4) is 0 Å². The standard InChI is InChI=1S/C33H63NO5/c1-5-8-10-12-14-16-18-20-22-24-26-34-32(36)28(4)31(33(37)38)29(7-3)27-39-30(35)25-23-21-19-17-15-13-11-9-6-2/h28-29,31H,5-27H2,1-4H3,(H,34,36)(H,37,38). The minimum atomic E-state index is -1.00. The van der Waals surface area contributed by atoms with E-state index in [0.717, 1.165) is 32.1 Å². The molecule has 230 valence electrons. The Kier molecular flexibility index (Phi) is 25.5.